The van der Waals surface area contributed by atoms with Gasteiger partial charge in [0, 0.05) is 16.6 Å². The molecule has 1 aromatic carbocycles. The number of benzene rings is 1. The molecule has 0 fully saturated rings. The summed E-state index contributed by atoms with van der Waals surface area (Å²) in [7, 11) is 0. The molecule has 0 spiro atoms. The molecule has 2 rings (SSSR count). The molecule has 6 heteroatoms. The van der Waals surface area contributed by atoms with Crippen LogP contribution in [0.15, 0.2) is 45.7 Å². The Morgan fingerprint density at radius 3 is 2.55 bits per heavy atom. The van der Waals surface area contributed by atoms with E-state index in [2.05, 4.69) is 26.2 Å². The SMILES string of the molecule is CC(NC(=O)c1cc(O)[nH]c(=O)c1)c1ccc(Br)cc1. The van der Waals surface area contributed by atoms with Crippen molar-refractivity contribution in [3.05, 3.63) is 62.4 Å². The number of hydrogen-bond acceptors (Lipinski definition) is 3. The minimum atomic E-state index is -0.522. The summed E-state index contributed by atoms with van der Waals surface area (Å²) in [4.78, 5) is 25.4. The van der Waals surface area contributed by atoms with Gasteiger partial charge in [-0.25, -0.2) is 0 Å². The van der Waals surface area contributed by atoms with Gasteiger partial charge in [-0.15, -0.1) is 0 Å². The van der Waals surface area contributed by atoms with Crippen molar-refractivity contribution in [2.24, 2.45) is 0 Å². The third kappa shape index (κ3) is 3.48. The highest BCUT2D eigenvalue weighted by Crippen LogP contribution is 2.17. The average Bonchev–Trinajstić information content (AvgIpc) is 2.38. The van der Waals surface area contributed by atoms with Crippen LogP contribution in [0.1, 0.15) is 28.9 Å². The Morgan fingerprint density at radius 1 is 1.30 bits per heavy atom. The molecule has 104 valence electrons. The zero-order valence-corrected chi connectivity index (χ0v) is 12.3. The lowest BCUT2D eigenvalue weighted by molar-refractivity contribution is 0.0939. The molecule has 0 saturated carbocycles. The number of rotatable bonds is 3. The van der Waals surface area contributed by atoms with Gasteiger partial charge in [0.25, 0.3) is 11.5 Å². The van der Waals surface area contributed by atoms with Gasteiger partial charge in [0.05, 0.1) is 11.6 Å². The molecule has 0 bridgehead atoms. The normalized spacial score (nSPS) is 11.9. The van der Waals surface area contributed by atoms with Crippen LogP contribution in [-0.4, -0.2) is 16.0 Å². The van der Waals surface area contributed by atoms with Gasteiger partial charge in [-0.3, -0.25) is 14.6 Å². The molecule has 0 saturated heterocycles. The predicted molar refractivity (Wildman–Crippen MR) is 78.8 cm³/mol. The zero-order chi connectivity index (χ0) is 14.7. The van der Waals surface area contributed by atoms with Crippen LogP contribution in [0.2, 0.25) is 0 Å². The molecule has 1 atom stereocenters. The van der Waals surface area contributed by atoms with Crippen LogP contribution >= 0.6 is 15.9 Å². The summed E-state index contributed by atoms with van der Waals surface area (Å²) in [6.45, 7) is 1.84. The third-order valence-corrected chi connectivity index (χ3v) is 3.34. The van der Waals surface area contributed by atoms with E-state index in [0.29, 0.717) is 0 Å². The number of hydrogen-bond donors (Lipinski definition) is 3. The summed E-state index contributed by atoms with van der Waals surface area (Å²) in [6, 6.07) is 9.70. The van der Waals surface area contributed by atoms with Crippen LogP contribution in [-0.2, 0) is 0 Å². The van der Waals surface area contributed by atoms with Gasteiger partial charge in [0.1, 0.15) is 0 Å². The first-order valence-electron chi connectivity index (χ1n) is 5.95. The molecule has 0 radical (unpaired) electrons. The maximum Gasteiger partial charge on any atom is 0.252 e. The number of carbonyl (C=O) groups is 1. The second-order valence-corrected chi connectivity index (χ2v) is 5.28. The summed E-state index contributed by atoms with van der Waals surface area (Å²) in [5.41, 5.74) is 0.539. The summed E-state index contributed by atoms with van der Waals surface area (Å²) in [6.07, 6.45) is 0. The smallest absolute Gasteiger partial charge is 0.252 e. The van der Waals surface area contributed by atoms with Gasteiger partial charge < -0.3 is 10.4 Å². The van der Waals surface area contributed by atoms with E-state index in [1.807, 2.05) is 31.2 Å². The Bertz CT molecular complexity index is 680. The number of halogens is 1. The fourth-order valence-electron chi connectivity index (χ4n) is 1.77. The molecule has 2 aromatic rings. The Labute approximate surface area is 123 Å². The molecule has 20 heavy (non-hydrogen) atoms. The Morgan fingerprint density at radius 2 is 1.95 bits per heavy atom. The molecular formula is C14H13BrN2O3. The molecular weight excluding hydrogens is 324 g/mol. The van der Waals surface area contributed by atoms with Gasteiger partial charge in [-0.1, -0.05) is 28.1 Å². The van der Waals surface area contributed by atoms with Crippen molar-refractivity contribution in [2.75, 3.05) is 0 Å². The summed E-state index contributed by atoms with van der Waals surface area (Å²) in [5.74, 6) is -0.749. The first-order chi connectivity index (χ1) is 9.45. The number of carbonyl (C=O) groups excluding carboxylic acids is 1. The van der Waals surface area contributed by atoms with Gasteiger partial charge in [-0.05, 0) is 24.6 Å². The lowest BCUT2D eigenvalue weighted by atomic mass is 10.1. The van der Waals surface area contributed by atoms with E-state index in [9.17, 15) is 14.7 Å². The van der Waals surface area contributed by atoms with Crippen molar-refractivity contribution < 1.29 is 9.90 Å². The second-order valence-electron chi connectivity index (χ2n) is 4.37. The van der Waals surface area contributed by atoms with Crippen molar-refractivity contribution in [1.82, 2.24) is 10.3 Å². The first kappa shape index (κ1) is 14.3. The van der Waals surface area contributed by atoms with Crippen LogP contribution in [0, 0.1) is 0 Å². The average molecular weight is 337 g/mol. The third-order valence-electron chi connectivity index (χ3n) is 2.81. The van der Waals surface area contributed by atoms with Crippen LogP contribution in [0.5, 0.6) is 5.88 Å². The van der Waals surface area contributed by atoms with Crippen LogP contribution in [0.4, 0.5) is 0 Å². The number of aromatic hydroxyl groups is 1. The van der Waals surface area contributed by atoms with Crippen molar-refractivity contribution in [3.8, 4) is 5.88 Å². The predicted octanol–water partition coefficient (Wildman–Crippen LogP) is 2.33. The molecule has 5 nitrogen and oxygen atoms in total. The summed E-state index contributed by atoms with van der Waals surface area (Å²) in [5, 5.41) is 12.1. The monoisotopic (exact) mass is 336 g/mol. The van der Waals surface area contributed by atoms with E-state index in [1.165, 1.54) is 6.07 Å². The van der Waals surface area contributed by atoms with Crippen molar-refractivity contribution in [2.45, 2.75) is 13.0 Å². The van der Waals surface area contributed by atoms with Gasteiger partial charge in [0.2, 0.25) is 0 Å². The van der Waals surface area contributed by atoms with E-state index < -0.39 is 11.5 Å². The molecule has 0 aliphatic rings. The highest BCUT2D eigenvalue weighted by atomic mass is 79.9. The highest BCUT2D eigenvalue weighted by Gasteiger charge is 2.12. The fraction of sp³-hybridized carbons (Fsp3) is 0.143. The first-order valence-corrected chi connectivity index (χ1v) is 6.74. The van der Waals surface area contributed by atoms with Crippen LogP contribution in [0.3, 0.4) is 0 Å². The summed E-state index contributed by atoms with van der Waals surface area (Å²) >= 11 is 3.34. The zero-order valence-electron chi connectivity index (χ0n) is 10.7. The molecule has 0 aliphatic heterocycles. The molecule has 1 aromatic heterocycles. The van der Waals surface area contributed by atoms with Crippen molar-refractivity contribution in [1.29, 1.82) is 0 Å². The minimum absolute atomic E-state index is 0.121. The molecule has 0 aliphatic carbocycles. The standard InChI is InChI=1S/C14H13BrN2O3/c1-8(9-2-4-11(15)5-3-9)16-14(20)10-6-12(18)17-13(19)7-10/h2-8H,1H3,(H,16,20)(H2,17,18,19). The van der Waals surface area contributed by atoms with Crippen molar-refractivity contribution in [3.63, 3.8) is 0 Å². The van der Waals surface area contributed by atoms with E-state index in [0.717, 1.165) is 16.1 Å². The van der Waals surface area contributed by atoms with Crippen LogP contribution < -0.4 is 10.9 Å². The summed E-state index contributed by atoms with van der Waals surface area (Å²) < 4.78 is 0.958. The Kier molecular flexibility index (Phi) is 4.24. The number of pyridine rings is 1. The second kappa shape index (κ2) is 5.92. The van der Waals surface area contributed by atoms with Crippen molar-refractivity contribution >= 4 is 21.8 Å². The van der Waals surface area contributed by atoms with Gasteiger partial charge in [-0.2, -0.15) is 0 Å². The Hall–Kier alpha value is -2.08. The highest BCUT2D eigenvalue weighted by molar-refractivity contribution is 9.10. The maximum atomic E-state index is 12.0. The van der Waals surface area contributed by atoms with Crippen LogP contribution in [0.25, 0.3) is 0 Å². The van der Waals surface area contributed by atoms with Gasteiger partial charge in [0.15, 0.2) is 5.88 Å². The number of nitrogens with one attached hydrogen (secondary N) is 2. The largest absolute Gasteiger partial charge is 0.494 e. The van der Waals surface area contributed by atoms with E-state index in [-0.39, 0.29) is 17.5 Å². The van der Waals surface area contributed by atoms with E-state index in [1.54, 1.807) is 0 Å². The maximum absolute atomic E-state index is 12.0. The van der Waals surface area contributed by atoms with E-state index >= 15 is 0 Å². The fourth-order valence-corrected chi connectivity index (χ4v) is 2.04. The molecule has 3 N–H and O–H groups in total. The quantitative estimate of drug-likeness (QED) is 0.804. The number of H-pyrrole nitrogens is 1. The number of aromatic nitrogens is 1. The molecule has 1 heterocycles. The van der Waals surface area contributed by atoms with Gasteiger partial charge >= 0.3 is 0 Å². The topological polar surface area (TPSA) is 82.2 Å². The molecule has 1 amide bonds. The minimum Gasteiger partial charge on any atom is -0.494 e. The van der Waals surface area contributed by atoms with E-state index in [4.69, 9.17) is 0 Å². The Balaban J connectivity index is 2.14. The lowest BCUT2D eigenvalue weighted by Gasteiger charge is -2.14. The number of amides is 1. The molecule has 1 unspecified atom stereocenters. The number of aromatic amines is 1. The lowest BCUT2D eigenvalue weighted by Crippen LogP contribution is -2.27.